The first-order valence-corrected chi connectivity index (χ1v) is 7.45. The van der Waals surface area contributed by atoms with E-state index in [9.17, 15) is 14.4 Å². The SMILES string of the molecule is CC(=O)CCC(=O)N1CCCN(C(=O)CC(C)C)CC1. The normalized spacial score (nSPS) is 16.2. The van der Waals surface area contributed by atoms with E-state index in [0.29, 0.717) is 38.4 Å². The Bertz CT molecular complexity index is 366. The molecule has 1 saturated heterocycles. The topological polar surface area (TPSA) is 57.7 Å². The van der Waals surface area contributed by atoms with Crippen LogP contribution in [0.1, 0.15) is 46.5 Å². The standard InChI is InChI=1S/C15H26N2O3/c1-12(2)11-15(20)17-8-4-7-16(9-10-17)14(19)6-5-13(3)18/h12H,4-11H2,1-3H3. The van der Waals surface area contributed by atoms with E-state index in [2.05, 4.69) is 0 Å². The average Bonchev–Trinajstić information content (AvgIpc) is 2.60. The maximum absolute atomic E-state index is 12.0. The molecule has 0 aromatic heterocycles. The molecular formula is C15H26N2O3. The van der Waals surface area contributed by atoms with Gasteiger partial charge in [0.25, 0.3) is 0 Å². The van der Waals surface area contributed by atoms with Gasteiger partial charge in [-0.25, -0.2) is 0 Å². The number of ketones is 1. The number of carbonyl (C=O) groups is 3. The van der Waals surface area contributed by atoms with E-state index < -0.39 is 0 Å². The number of amides is 2. The van der Waals surface area contributed by atoms with Gasteiger partial charge in [-0.05, 0) is 19.3 Å². The molecular weight excluding hydrogens is 256 g/mol. The minimum atomic E-state index is 0.0263. The quantitative estimate of drug-likeness (QED) is 0.767. The molecule has 2 amide bonds. The first kappa shape index (κ1) is 16.7. The fraction of sp³-hybridized carbons (Fsp3) is 0.800. The van der Waals surface area contributed by atoms with Gasteiger partial charge in [-0.1, -0.05) is 13.8 Å². The molecule has 0 bridgehead atoms. The maximum Gasteiger partial charge on any atom is 0.223 e. The smallest absolute Gasteiger partial charge is 0.223 e. The van der Waals surface area contributed by atoms with Gasteiger partial charge in [0.2, 0.25) is 11.8 Å². The summed E-state index contributed by atoms with van der Waals surface area (Å²) in [5, 5.41) is 0. The lowest BCUT2D eigenvalue weighted by atomic mass is 10.1. The molecule has 0 aromatic rings. The van der Waals surface area contributed by atoms with Crippen LogP contribution in [0.25, 0.3) is 0 Å². The van der Waals surface area contributed by atoms with Crippen LogP contribution in [-0.4, -0.2) is 53.6 Å². The van der Waals surface area contributed by atoms with Crippen LogP contribution in [0.4, 0.5) is 0 Å². The molecule has 0 atom stereocenters. The fourth-order valence-corrected chi connectivity index (χ4v) is 2.34. The molecule has 0 unspecified atom stereocenters. The zero-order valence-corrected chi connectivity index (χ0v) is 12.9. The van der Waals surface area contributed by atoms with Crippen molar-refractivity contribution in [3.8, 4) is 0 Å². The van der Waals surface area contributed by atoms with Gasteiger partial charge in [0.15, 0.2) is 0 Å². The van der Waals surface area contributed by atoms with Gasteiger partial charge in [-0.15, -0.1) is 0 Å². The minimum Gasteiger partial charge on any atom is -0.341 e. The summed E-state index contributed by atoms with van der Waals surface area (Å²) in [7, 11) is 0. The van der Waals surface area contributed by atoms with Crippen molar-refractivity contribution in [3.63, 3.8) is 0 Å². The Morgan fingerprint density at radius 2 is 1.45 bits per heavy atom. The Kier molecular flexibility index (Phi) is 6.68. The lowest BCUT2D eigenvalue weighted by molar-refractivity contribution is -0.134. The minimum absolute atomic E-state index is 0.0263. The average molecular weight is 282 g/mol. The van der Waals surface area contributed by atoms with Crippen LogP contribution in [0, 0.1) is 5.92 Å². The number of Topliss-reactive ketones (excluding diaryl/α,β-unsaturated/α-hetero) is 1. The third-order valence-electron chi connectivity index (χ3n) is 3.48. The van der Waals surface area contributed by atoms with Gasteiger partial charge >= 0.3 is 0 Å². The summed E-state index contributed by atoms with van der Waals surface area (Å²) in [6.45, 7) is 8.17. The van der Waals surface area contributed by atoms with E-state index in [1.165, 1.54) is 6.92 Å². The van der Waals surface area contributed by atoms with Crippen molar-refractivity contribution in [1.82, 2.24) is 9.80 Å². The number of carbonyl (C=O) groups excluding carboxylic acids is 3. The van der Waals surface area contributed by atoms with Crippen molar-refractivity contribution < 1.29 is 14.4 Å². The lowest BCUT2D eigenvalue weighted by Crippen LogP contribution is -2.37. The van der Waals surface area contributed by atoms with Gasteiger partial charge < -0.3 is 14.6 Å². The molecule has 5 heteroatoms. The summed E-state index contributed by atoms with van der Waals surface area (Å²) in [6, 6.07) is 0. The molecule has 0 saturated carbocycles. The zero-order chi connectivity index (χ0) is 15.1. The van der Waals surface area contributed by atoms with Crippen LogP contribution in [0.15, 0.2) is 0 Å². The molecule has 0 aromatic carbocycles. The van der Waals surface area contributed by atoms with Gasteiger partial charge in [-0.2, -0.15) is 0 Å². The van der Waals surface area contributed by atoms with Gasteiger partial charge in [0, 0.05) is 45.4 Å². The molecule has 0 aliphatic carbocycles. The van der Waals surface area contributed by atoms with Crippen LogP contribution < -0.4 is 0 Å². The zero-order valence-electron chi connectivity index (χ0n) is 12.9. The molecule has 114 valence electrons. The van der Waals surface area contributed by atoms with Crippen molar-refractivity contribution in [2.45, 2.75) is 46.5 Å². The van der Waals surface area contributed by atoms with E-state index in [1.54, 1.807) is 4.90 Å². The van der Waals surface area contributed by atoms with Crippen LogP contribution in [-0.2, 0) is 14.4 Å². The Labute approximate surface area is 121 Å². The predicted molar refractivity (Wildman–Crippen MR) is 77.1 cm³/mol. The van der Waals surface area contributed by atoms with Crippen molar-refractivity contribution in [1.29, 1.82) is 0 Å². The van der Waals surface area contributed by atoms with Crippen molar-refractivity contribution >= 4 is 17.6 Å². The first-order valence-electron chi connectivity index (χ1n) is 7.45. The van der Waals surface area contributed by atoms with Crippen LogP contribution in [0.2, 0.25) is 0 Å². The largest absolute Gasteiger partial charge is 0.341 e. The van der Waals surface area contributed by atoms with Gasteiger partial charge in [0.05, 0.1) is 0 Å². The summed E-state index contributed by atoms with van der Waals surface area (Å²) in [4.78, 5) is 38.6. The van der Waals surface area contributed by atoms with Crippen molar-refractivity contribution in [2.75, 3.05) is 26.2 Å². The number of nitrogens with zero attached hydrogens (tertiary/aromatic N) is 2. The van der Waals surface area contributed by atoms with Crippen molar-refractivity contribution in [2.24, 2.45) is 5.92 Å². The molecule has 20 heavy (non-hydrogen) atoms. The summed E-state index contributed by atoms with van der Waals surface area (Å²) >= 11 is 0. The Morgan fingerprint density at radius 3 is 1.95 bits per heavy atom. The molecule has 0 N–H and O–H groups in total. The fourth-order valence-electron chi connectivity index (χ4n) is 2.34. The van der Waals surface area contributed by atoms with E-state index in [4.69, 9.17) is 0 Å². The molecule has 5 nitrogen and oxygen atoms in total. The summed E-state index contributed by atoms with van der Waals surface area (Å²) < 4.78 is 0. The second-order valence-corrected chi connectivity index (χ2v) is 5.92. The van der Waals surface area contributed by atoms with E-state index in [0.717, 1.165) is 13.0 Å². The molecule has 1 heterocycles. The van der Waals surface area contributed by atoms with Gasteiger partial charge in [-0.3, -0.25) is 9.59 Å². The lowest BCUT2D eigenvalue weighted by Gasteiger charge is -2.22. The van der Waals surface area contributed by atoms with Crippen LogP contribution in [0.5, 0.6) is 0 Å². The van der Waals surface area contributed by atoms with Gasteiger partial charge in [0.1, 0.15) is 5.78 Å². The Morgan fingerprint density at radius 1 is 0.900 bits per heavy atom. The Balaban J connectivity index is 2.44. The van der Waals surface area contributed by atoms with E-state index in [-0.39, 0.29) is 24.0 Å². The molecule has 1 aliphatic heterocycles. The van der Waals surface area contributed by atoms with Crippen LogP contribution >= 0.6 is 0 Å². The van der Waals surface area contributed by atoms with Crippen LogP contribution in [0.3, 0.4) is 0 Å². The summed E-state index contributed by atoms with van der Waals surface area (Å²) in [5.74, 6) is 0.609. The monoisotopic (exact) mass is 282 g/mol. The molecule has 1 aliphatic rings. The van der Waals surface area contributed by atoms with Crippen molar-refractivity contribution in [3.05, 3.63) is 0 Å². The third kappa shape index (κ3) is 5.72. The number of hydrogen-bond acceptors (Lipinski definition) is 3. The highest BCUT2D eigenvalue weighted by Crippen LogP contribution is 2.10. The number of hydrogen-bond donors (Lipinski definition) is 0. The second kappa shape index (κ2) is 8.02. The third-order valence-corrected chi connectivity index (χ3v) is 3.48. The highest BCUT2D eigenvalue weighted by Gasteiger charge is 2.22. The maximum atomic E-state index is 12.0. The highest BCUT2D eigenvalue weighted by atomic mass is 16.2. The van der Waals surface area contributed by atoms with E-state index in [1.807, 2.05) is 18.7 Å². The summed E-state index contributed by atoms with van der Waals surface area (Å²) in [6.07, 6.45) is 1.98. The molecule has 0 radical (unpaired) electrons. The highest BCUT2D eigenvalue weighted by molar-refractivity contribution is 5.83. The second-order valence-electron chi connectivity index (χ2n) is 5.92. The predicted octanol–water partition coefficient (Wildman–Crippen LogP) is 1.46. The molecule has 1 rings (SSSR count). The first-order chi connectivity index (χ1) is 9.40. The molecule has 0 spiro atoms. The molecule has 1 fully saturated rings. The Hall–Kier alpha value is -1.39. The summed E-state index contributed by atoms with van der Waals surface area (Å²) in [5.41, 5.74) is 0. The number of rotatable bonds is 5. The van der Waals surface area contributed by atoms with E-state index >= 15 is 0 Å².